The van der Waals surface area contributed by atoms with Crippen LogP contribution in [0, 0.1) is 5.92 Å². The second-order valence-corrected chi connectivity index (χ2v) is 8.43. The highest BCUT2D eigenvalue weighted by molar-refractivity contribution is 7.99. The number of nitrogens with two attached hydrogens (primary N) is 1. The maximum Gasteiger partial charge on any atom is 0.251 e. The van der Waals surface area contributed by atoms with Crippen LogP contribution in [0.4, 0.5) is 5.69 Å². The average molecular weight is 368 g/mol. The number of fused-ring (bicyclic) bond motifs is 4. The van der Waals surface area contributed by atoms with Crippen LogP contribution in [0.2, 0.25) is 0 Å². The Morgan fingerprint density at radius 1 is 1.08 bits per heavy atom. The van der Waals surface area contributed by atoms with E-state index in [9.17, 15) is 4.79 Å². The number of para-hydroxylation sites is 1. The van der Waals surface area contributed by atoms with Crippen molar-refractivity contribution in [2.24, 2.45) is 5.92 Å². The number of nitrogen functional groups attached to an aromatic ring is 1. The van der Waals surface area contributed by atoms with Crippen LogP contribution in [-0.2, 0) is 0 Å². The zero-order chi connectivity index (χ0) is 17.9. The Morgan fingerprint density at radius 3 is 2.54 bits per heavy atom. The second-order valence-electron chi connectivity index (χ2n) is 7.31. The third-order valence-corrected chi connectivity index (χ3v) is 6.50. The van der Waals surface area contributed by atoms with Gasteiger partial charge < -0.3 is 16.0 Å². The number of hydrogen-bond donors (Lipinski definition) is 2. The summed E-state index contributed by atoms with van der Waals surface area (Å²) < 4.78 is 0. The predicted octanol–water partition coefficient (Wildman–Crippen LogP) is 3.63. The van der Waals surface area contributed by atoms with E-state index < -0.39 is 0 Å². The normalized spacial score (nSPS) is 24.8. The third kappa shape index (κ3) is 4.05. The van der Waals surface area contributed by atoms with Crippen LogP contribution >= 0.6 is 11.8 Å². The molecule has 0 saturated carbocycles. The molecule has 5 rings (SSSR count). The molecule has 4 nitrogen and oxygen atoms in total. The maximum atomic E-state index is 12.6. The summed E-state index contributed by atoms with van der Waals surface area (Å²) in [6.07, 6.45) is 3.67. The van der Waals surface area contributed by atoms with Gasteiger partial charge in [-0.05, 0) is 74.7 Å². The van der Waals surface area contributed by atoms with Crippen molar-refractivity contribution in [1.82, 2.24) is 10.2 Å². The number of nitrogens with one attached hydrogen (secondary N) is 1. The summed E-state index contributed by atoms with van der Waals surface area (Å²) in [5.41, 5.74) is 7.50. The maximum absolute atomic E-state index is 12.6. The summed E-state index contributed by atoms with van der Waals surface area (Å²) >= 11 is 1.62. The van der Waals surface area contributed by atoms with Crippen LogP contribution in [-0.4, -0.2) is 36.5 Å². The molecule has 1 unspecified atom stereocenters. The Labute approximate surface area is 159 Å². The first-order valence-corrected chi connectivity index (χ1v) is 10.1. The van der Waals surface area contributed by atoms with Crippen molar-refractivity contribution < 1.29 is 4.79 Å². The van der Waals surface area contributed by atoms with Gasteiger partial charge in [-0.3, -0.25) is 4.79 Å². The Balaban J connectivity index is 1.38. The zero-order valence-corrected chi connectivity index (χ0v) is 15.7. The van der Waals surface area contributed by atoms with Gasteiger partial charge in [-0.15, -0.1) is 0 Å². The minimum absolute atomic E-state index is 0.0354. The molecule has 3 aliphatic rings. The third-order valence-electron chi connectivity index (χ3n) is 5.40. The average Bonchev–Trinajstić information content (AvgIpc) is 2.96. The number of rotatable bonds is 4. The number of carbonyl (C=O) groups is 1. The number of carbonyl (C=O) groups excluding carboxylic acids is 1. The van der Waals surface area contributed by atoms with E-state index in [1.807, 2.05) is 48.5 Å². The lowest BCUT2D eigenvalue weighted by Crippen LogP contribution is -2.41. The van der Waals surface area contributed by atoms with E-state index >= 15 is 0 Å². The minimum atomic E-state index is 0.0354. The quantitative estimate of drug-likeness (QED) is 0.810. The van der Waals surface area contributed by atoms with E-state index in [-0.39, 0.29) is 11.9 Å². The predicted molar refractivity (Wildman–Crippen MR) is 106 cm³/mol. The van der Waals surface area contributed by atoms with Gasteiger partial charge in [0.25, 0.3) is 5.91 Å². The zero-order valence-electron chi connectivity index (χ0n) is 14.9. The molecular formula is C21H25N3OS. The van der Waals surface area contributed by atoms with E-state index in [2.05, 4.69) is 10.2 Å². The van der Waals surface area contributed by atoms with Crippen molar-refractivity contribution in [2.45, 2.75) is 35.1 Å². The fraction of sp³-hybridized carbons (Fsp3) is 0.381. The van der Waals surface area contributed by atoms with Gasteiger partial charge in [0.1, 0.15) is 0 Å². The molecule has 3 fully saturated rings. The smallest absolute Gasteiger partial charge is 0.251 e. The molecule has 26 heavy (non-hydrogen) atoms. The van der Waals surface area contributed by atoms with Crippen LogP contribution in [0.25, 0.3) is 0 Å². The summed E-state index contributed by atoms with van der Waals surface area (Å²) in [6, 6.07) is 15.9. The Bertz CT molecular complexity index is 755. The fourth-order valence-corrected chi connectivity index (χ4v) is 4.80. The molecule has 3 heterocycles. The van der Waals surface area contributed by atoms with Crippen molar-refractivity contribution in [3.05, 3.63) is 54.1 Å². The van der Waals surface area contributed by atoms with E-state index in [1.165, 1.54) is 25.9 Å². The lowest BCUT2D eigenvalue weighted by molar-refractivity contribution is 0.0928. The van der Waals surface area contributed by atoms with E-state index in [1.54, 1.807) is 11.8 Å². The topological polar surface area (TPSA) is 58.4 Å². The number of nitrogens with zero attached hydrogens (tertiary/aromatic N) is 1. The summed E-state index contributed by atoms with van der Waals surface area (Å²) in [5.74, 6) is 0.808. The fourth-order valence-electron chi connectivity index (χ4n) is 3.94. The van der Waals surface area contributed by atoms with E-state index in [0.717, 1.165) is 39.9 Å². The second kappa shape index (κ2) is 7.72. The van der Waals surface area contributed by atoms with Crippen molar-refractivity contribution >= 4 is 23.4 Å². The molecule has 1 atom stereocenters. The highest BCUT2D eigenvalue weighted by atomic mass is 32.2. The van der Waals surface area contributed by atoms with Crippen LogP contribution in [0.15, 0.2) is 58.3 Å². The number of anilines is 1. The van der Waals surface area contributed by atoms with Crippen molar-refractivity contribution in [1.29, 1.82) is 0 Å². The lowest BCUT2D eigenvalue weighted by Gasteiger charge is -2.26. The molecule has 136 valence electrons. The number of hydrogen-bond acceptors (Lipinski definition) is 4. The molecule has 0 spiro atoms. The molecular weight excluding hydrogens is 342 g/mol. The lowest BCUT2D eigenvalue weighted by atomic mass is 9.94. The van der Waals surface area contributed by atoms with Crippen molar-refractivity contribution in [2.75, 3.05) is 25.4 Å². The molecule has 1 amide bonds. The monoisotopic (exact) mass is 367 g/mol. The molecule has 2 aromatic carbocycles. The highest BCUT2D eigenvalue weighted by Gasteiger charge is 2.29. The summed E-state index contributed by atoms with van der Waals surface area (Å²) in [6.45, 7) is 3.36. The van der Waals surface area contributed by atoms with Gasteiger partial charge in [0.2, 0.25) is 0 Å². The van der Waals surface area contributed by atoms with Crippen LogP contribution in [0.5, 0.6) is 0 Å². The highest BCUT2D eigenvalue weighted by Crippen LogP contribution is 2.32. The molecule has 5 heteroatoms. The van der Waals surface area contributed by atoms with Gasteiger partial charge in [-0.2, -0.15) is 0 Å². The molecule has 3 saturated heterocycles. The first-order valence-electron chi connectivity index (χ1n) is 9.33. The number of piperidine rings is 1. The largest absolute Gasteiger partial charge is 0.398 e. The molecule has 2 bridgehead atoms. The van der Waals surface area contributed by atoms with Gasteiger partial charge in [0, 0.05) is 33.6 Å². The van der Waals surface area contributed by atoms with E-state index in [4.69, 9.17) is 5.73 Å². The summed E-state index contributed by atoms with van der Waals surface area (Å²) in [5, 5.41) is 3.25. The van der Waals surface area contributed by atoms with Crippen LogP contribution < -0.4 is 11.1 Å². The standard InChI is InChI=1S/C21H25N3OS/c22-19-3-1-2-4-20(19)26-18-7-5-16(6-8-18)21(25)23-17-13-15-9-11-24(14-17)12-10-15/h1-8,15,17H,9-14,22H2,(H,23,25). The van der Waals surface area contributed by atoms with Gasteiger partial charge in [-0.25, -0.2) is 0 Å². The SMILES string of the molecule is Nc1ccccc1Sc1ccc(C(=O)NC2CC3CCN(CC3)C2)cc1. The Morgan fingerprint density at radius 2 is 1.81 bits per heavy atom. The van der Waals surface area contributed by atoms with Gasteiger partial charge in [0.15, 0.2) is 0 Å². The molecule has 3 N–H and O–H groups in total. The van der Waals surface area contributed by atoms with Crippen LogP contribution in [0.3, 0.4) is 0 Å². The molecule has 0 radical (unpaired) electrons. The number of benzene rings is 2. The molecule has 0 aromatic heterocycles. The summed E-state index contributed by atoms with van der Waals surface area (Å²) in [7, 11) is 0. The Kier molecular flexibility index (Phi) is 5.18. The first-order chi connectivity index (χ1) is 12.7. The van der Waals surface area contributed by atoms with Gasteiger partial charge in [0.05, 0.1) is 0 Å². The van der Waals surface area contributed by atoms with Gasteiger partial charge >= 0.3 is 0 Å². The summed E-state index contributed by atoms with van der Waals surface area (Å²) in [4.78, 5) is 17.2. The molecule has 3 aliphatic heterocycles. The van der Waals surface area contributed by atoms with Crippen molar-refractivity contribution in [3.8, 4) is 0 Å². The Hall–Kier alpha value is -1.98. The first kappa shape index (κ1) is 17.4. The van der Waals surface area contributed by atoms with E-state index in [0.29, 0.717) is 0 Å². The van der Waals surface area contributed by atoms with Crippen molar-refractivity contribution in [3.63, 3.8) is 0 Å². The molecule has 2 aromatic rings. The van der Waals surface area contributed by atoms with Crippen LogP contribution in [0.1, 0.15) is 29.6 Å². The molecule has 0 aliphatic carbocycles. The minimum Gasteiger partial charge on any atom is -0.398 e. The number of amides is 1. The van der Waals surface area contributed by atoms with Gasteiger partial charge in [-0.1, -0.05) is 23.9 Å².